The fourth-order valence-electron chi connectivity index (χ4n) is 1.97. The summed E-state index contributed by atoms with van der Waals surface area (Å²) < 4.78 is 22.8. The number of hydrogen-bond donors (Lipinski definition) is 2. The van der Waals surface area contributed by atoms with Crippen LogP contribution in [0.3, 0.4) is 0 Å². The van der Waals surface area contributed by atoms with E-state index in [4.69, 9.17) is 5.11 Å². The van der Waals surface area contributed by atoms with Crippen molar-refractivity contribution in [2.24, 2.45) is 0 Å². The van der Waals surface area contributed by atoms with E-state index >= 15 is 0 Å². The molecule has 1 aliphatic rings. The van der Waals surface area contributed by atoms with Gasteiger partial charge < -0.3 is 15.3 Å². The number of carboxylic acid groups (broad SMARTS) is 1. The number of carbonyl (C=O) groups is 2. The second-order valence-corrected chi connectivity index (χ2v) is 6.62. The maximum Gasteiger partial charge on any atom is 0.323 e. The van der Waals surface area contributed by atoms with E-state index in [2.05, 4.69) is 11.9 Å². The monoisotopic (exact) mass is 290 g/mol. The summed E-state index contributed by atoms with van der Waals surface area (Å²) in [5.74, 6) is -1.72. The van der Waals surface area contributed by atoms with E-state index in [9.17, 15) is 18.0 Å². The molecule has 1 amide bonds. The van der Waals surface area contributed by atoms with Crippen molar-refractivity contribution >= 4 is 21.7 Å². The Hall–Kier alpha value is -1.41. The largest absolute Gasteiger partial charge is 0.480 e. The third-order valence-corrected chi connectivity index (χ3v) is 4.59. The predicted octanol–water partition coefficient (Wildman–Crippen LogP) is -1.14. The van der Waals surface area contributed by atoms with Crippen LogP contribution in [0.1, 0.15) is 6.42 Å². The van der Waals surface area contributed by atoms with Gasteiger partial charge in [-0.15, -0.1) is 6.58 Å². The molecule has 0 aromatic carbocycles. The van der Waals surface area contributed by atoms with Crippen molar-refractivity contribution < 1.29 is 23.1 Å². The first-order valence-corrected chi connectivity index (χ1v) is 7.71. The molecule has 0 spiro atoms. The van der Waals surface area contributed by atoms with Crippen molar-refractivity contribution in [1.82, 2.24) is 10.2 Å². The molecule has 1 saturated heterocycles. The molecular formula is C11H18N2O5S. The topological polar surface area (TPSA) is 104 Å². The molecular weight excluding hydrogens is 272 g/mol. The molecule has 0 aromatic rings. The Morgan fingerprint density at radius 1 is 1.47 bits per heavy atom. The molecule has 19 heavy (non-hydrogen) atoms. The molecule has 1 aliphatic heterocycles. The number of rotatable bonds is 7. The lowest BCUT2D eigenvalue weighted by molar-refractivity contribution is -0.145. The van der Waals surface area contributed by atoms with Crippen LogP contribution in [0.25, 0.3) is 0 Å². The highest BCUT2D eigenvalue weighted by Gasteiger charge is 2.35. The van der Waals surface area contributed by atoms with Gasteiger partial charge in [0.1, 0.15) is 6.54 Å². The number of aliphatic carboxylic acids is 1. The Kier molecular flexibility index (Phi) is 5.49. The second kappa shape index (κ2) is 6.67. The van der Waals surface area contributed by atoms with Gasteiger partial charge in [0, 0.05) is 12.6 Å². The number of hydrogen-bond acceptors (Lipinski definition) is 5. The SMILES string of the molecule is C=CCNCC(=O)N(CC(=O)O)C1CCS(=O)(=O)C1. The van der Waals surface area contributed by atoms with Crippen LogP contribution in [0.2, 0.25) is 0 Å². The lowest BCUT2D eigenvalue weighted by atomic mass is 10.2. The van der Waals surface area contributed by atoms with E-state index in [1.165, 1.54) is 0 Å². The number of nitrogens with zero attached hydrogens (tertiary/aromatic N) is 1. The lowest BCUT2D eigenvalue weighted by Gasteiger charge is -2.26. The zero-order chi connectivity index (χ0) is 14.5. The van der Waals surface area contributed by atoms with Crippen molar-refractivity contribution in [2.75, 3.05) is 31.1 Å². The Balaban J connectivity index is 2.69. The lowest BCUT2D eigenvalue weighted by Crippen LogP contribution is -2.47. The Labute approximate surface area is 112 Å². The van der Waals surface area contributed by atoms with Gasteiger partial charge >= 0.3 is 5.97 Å². The summed E-state index contributed by atoms with van der Waals surface area (Å²) in [6.07, 6.45) is 1.87. The third-order valence-electron chi connectivity index (χ3n) is 2.84. The first-order chi connectivity index (χ1) is 8.85. The van der Waals surface area contributed by atoms with Gasteiger partial charge in [-0.1, -0.05) is 6.08 Å². The van der Waals surface area contributed by atoms with Gasteiger partial charge in [-0.25, -0.2) is 8.42 Å². The van der Waals surface area contributed by atoms with E-state index in [-0.39, 0.29) is 18.1 Å². The molecule has 0 radical (unpaired) electrons. The van der Waals surface area contributed by atoms with Crippen LogP contribution in [0.5, 0.6) is 0 Å². The molecule has 8 heteroatoms. The van der Waals surface area contributed by atoms with Crippen molar-refractivity contribution in [1.29, 1.82) is 0 Å². The number of sulfone groups is 1. The summed E-state index contributed by atoms with van der Waals surface area (Å²) >= 11 is 0. The van der Waals surface area contributed by atoms with Gasteiger partial charge in [0.25, 0.3) is 0 Å². The van der Waals surface area contributed by atoms with Crippen LogP contribution in [-0.2, 0) is 19.4 Å². The molecule has 7 nitrogen and oxygen atoms in total. The smallest absolute Gasteiger partial charge is 0.323 e. The molecule has 0 aliphatic carbocycles. The average Bonchev–Trinajstić information content (AvgIpc) is 2.66. The quantitative estimate of drug-likeness (QED) is 0.454. The van der Waals surface area contributed by atoms with Crippen LogP contribution in [0.4, 0.5) is 0 Å². The van der Waals surface area contributed by atoms with E-state index in [0.717, 1.165) is 4.90 Å². The maximum absolute atomic E-state index is 11.9. The van der Waals surface area contributed by atoms with Gasteiger partial charge in [0.2, 0.25) is 5.91 Å². The Morgan fingerprint density at radius 3 is 2.63 bits per heavy atom. The summed E-state index contributed by atoms with van der Waals surface area (Å²) in [5.41, 5.74) is 0. The van der Waals surface area contributed by atoms with Crippen molar-refractivity contribution in [3.63, 3.8) is 0 Å². The minimum absolute atomic E-state index is 0.00114. The third kappa shape index (κ3) is 4.99. The molecule has 0 bridgehead atoms. The maximum atomic E-state index is 11.9. The van der Waals surface area contributed by atoms with Crippen LogP contribution < -0.4 is 5.32 Å². The zero-order valence-electron chi connectivity index (χ0n) is 10.5. The van der Waals surface area contributed by atoms with Crippen LogP contribution in [0, 0.1) is 0 Å². The predicted molar refractivity (Wildman–Crippen MR) is 69.5 cm³/mol. The minimum atomic E-state index is -3.16. The molecule has 2 N–H and O–H groups in total. The molecule has 1 atom stereocenters. The van der Waals surface area contributed by atoms with Gasteiger partial charge in [-0.3, -0.25) is 9.59 Å². The van der Waals surface area contributed by atoms with Gasteiger partial charge in [-0.05, 0) is 6.42 Å². The normalized spacial score (nSPS) is 20.9. The number of carbonyl (C=O) groups excluding carboxylic acids is 1. The Morgan fingerprint density at radius 2 is 2.16 bits per heavy atom. The van der Waals surface area contributed by atoms with Gasteiger partial charge in [-0.2, -0.15) is 0 Å². The average molecular weight is 290 g/mol. The Bertz CT molecular complexity index is 460. The molecule has 1 unspecified atom stereocenters. The molecule has 0 aromatic heterocycles. The highest BCUT2D eigenvalue weighted by Crippen LogP contribution is 2.17. The number of amides is 1. The van der Waals surface area contributed by atoms with E-state index < -0.39 is 34.3 Å². The van der Waals surface area contributed by atoms with E-state index in [1.54, 1.807) is 6.08 Å². The molecule has 108 valence electrons. The van der Waals surface area contributed by atoms with Crippen molar-refractivity contribution in [2.45, 2.75) is 12.5 Å². The van der Waals surface area contributed by atoms with E-state index in [0.29, 0.717) is 13.0 Å². The fraction of sp³-hybridized carbons (Fsp3) is 0.636. The summed E-state index contributed by atoms with van der Waals surface area (Å²) in [4.78, 5) is 23.8. The molecule has 1 rings (SSSR count). The van der Waals surface area contributed by atoms with Gasteiger partial charge in [0.05, 0.1) is 18.1 Å². The summed E-state index contributed by atoms with van der Waals surface area (Å²) in [6, 6.07) is -0.542. The van der Waals surface area contributed by atoms with Crippen LogP contribution in [0.15, 0.2) is 12.7 Å². The summed E-state index contributed by atoms with van der Waals surface area (Å²) in [7, 11) is -3.16. The number of nitrogens with one attached hydrogen (secondary N) is 1. The highest BCUT2D eigenvalue weighted by atomic mass is 32.2. The van der Waals surface area contributed by atoms with Crippen LogP contribution >= 0.6 is 0 Å². The van der Waals surface area contributed by atoms with E-state index in [1.807, 2.05) is 0 Å². The van der Waals surface area contributed by atoms with Crippen LogP contribution in [-0.4, -0.2) is 67.5 Å². The summed E-state index contributed by atoms with van der Waals surface area (Å²) in [5, 5.41) is 11.6. The molecule has 1 heterocycles. The first kappa shape index (κ1) is 15.6. The fourth-order valence-corrected chi connectivity index (χ4v) is 3.70. The summed E-state index contributed by atoms with van der Waals surface area (Å²) in [6.45, 7) is 3.40. The van der Waals surface area contributed by atoms with Gasteiger partial charge in [0.15, 0.2) is 9.84 Å². The molecule has 1 fully saturated rings. The second-order valence-electron chi connectivity index (χ2n) is 4.39. The first-order valence-electron chi connectivity index (χ1n) is 5.89. The highest BCUT2D eigenvalue weighted by molar-refractivity contribution is 7.91. The standard InChI is InChI=1S/C11H18N2O5S/c1-2-4-12-6-10(14)13(7-11(15)16)9-3-5-19(17,18)8-9/h2,9,12H,1,3-8H2,(H,15,16). The zero-order valence-corrected chi connectivity index (χ0v) is 11.4. The molecule has 0 saturated carbocycles. The van der Waals surface area contributed by atoms with Crippen molar-refractivity contribution in [3.05, 3.63) is 12.7 Å². The van der Waals surface area contributed by atoms with Crippen molar-refractivity contribution in [3.8, 4) is 0 Å². The minimum Gasteiger partial charge on any atom is -0.480 e. The number of carboxylic acids is 1.